The average molecular weight is 176 g/mol. The van der Waals surface area contributed by atoms with Gasteiger partial charge in [-0.2, -0.15) is 0 Å². The standard InChI is InChI=1S/C7H12O5/c1-11-4-2-5(7(9)10)12-6(8)3-4/h4-6,8H,2-3H2,1H3,(H,9,10). The van der Waals surface area contributed by atoms with Crippen molar-refractivity contribution in [3.63, 3.8) is 0 Å². The SMILES string of the molecule is COC1CC(O)OC(C(=O)O)C1. The Morgan fingerprint density at radius 1 is 1.58 bits per heavy atom. The summed E-state index contributed by atoms with van der Waals surface area (Å²) in [6.07, 6.45) is -1.57. The third-order valence-electron chi connectivity index (χ3n) is 1.87. The highest BCUT2D eigenvalue weighted by molar-refractivity contribution is 5.72. The first-order valence-corrected chi connectivity index (χ1v) is 3.72. The van der Waals surface area contributed by atoms with Gasteiger partial charge in [0.15, 0.2) is 12.4 Å². The summed E-state index contributed by atoms with van der Waals surface area (Å²) in [6.45, 7) is 0. The van der Waals surface area contributed by atoms with Gasteiger partial charge in [0.05, 0.1) is 6.10 Å². The number of carboxylic acid groups (broad SMARTS) is 1. The van der Waals surface area contributed by atoms with E-state index in [0.29, 0.717) is 12.8 Å². The van der Waals surface area contributed by atoms with Gasteiger partial charge in [0, 0.05) is 20.0 Å². The van der Waals surface area contributed by atoms with Gasteiger partial charge in [-0.1, -0.05) is 0 Å². The van der Waals surface area contributed by atoms with Gasteiger partial charge < -0.3 is 19.7 Å². The Balaban J connectivity index is 2.51. The lowest BCUT2D eigenvalue weighted by molar-refractivity contribution is -0.206. The molecule has 0 amide bonds. The van der Waals surface area contributed by atoms with Gasteiger partial charge in [-0.15, -0.1) is 0 Å². The molecule has 0 bridgehead atoms. The Kier molecular flexibility index (Phi) is 3.02. The predicted octanol–water partition coefficient (Wildman–Crippen LogP) is -0.417. The molecule has 2 N–H and O–H groups in total. The van der Waals surface area contributed by atoms with Gasteiger partial charge in [0.1, 0.15) is 0 Å². The van der Waals surface area contributed by atoms with E-state index in [1.807, 2.05) is 0 Å². The largest absolute Gasteiger partial charge is 0.479 e. The highest BCUT2D eigenvalue weighted by Crippen LogP contribution is 2.20. The highest BCUT2D eigenvalue weighted by atomic mass is 16.6. The maximum absolute atomic E-state index is 10.5. The zero-order valence-corrected chi connectivity index (χ0v) is 6.77. The fourth-order valence-electron chi connectivity index (χ4n) is 1.21. The fraction of sp³-hybridized carbons (Fsp3) is 0.857. The summed E-state index contributed by atoms with van der Waals surface area (Å²) in [6, 6.07) is 0. The zero-order valence-electron chi connectivity index (χ0n) is 6.77. The van der Waals surface area contributed by atoms with Crippen molar-refractivity contribution in [3.05, 3.63) is 0 Å². The molecule has 0 aliphatic carbocycles. The van der Waals surface area contributed by atoms with E-state index >= 15 is 0 Å². The van der Waals surface area contributed by atoms with Crippen molar-refractivity contribution >= 4 is 5.97 Å². The first-order valence-electron chi connectivity index (χ1n) is 3.72. The van der Waals surface area contributed by atoms with E-state index in [4.69, 9.17) is 19.7 Å². The number of methoxy groups -OCH3 is 1. The second kappa shape index (κ2) is 3.84. The van der Waals surface area contributed by atoms with E-state index in [2.05, 4.69) is 0 Å². The first kappa shape index (κ1) is 9.44. The Bertz CT molecular complexity index is 169. The molecule has 0 spiro atoms. The van der Waals surface area contributed by atoms with Crippen molar-refractivity contribution in [2.45, 2.75) is 31.3 Å². The van der Waals surface area contributed by atoms with Crippen LogP contribution in [0.1, 0.15) is 12.8 Å². The maximum atomic E-state index is 10.5. The summed E-state index contributed by atoms with van der Waals surface area (Å²) in [7, 11) is 1.49. The molecule has 1 saturated heterocycles. The van der Waals surface area contributed by atoms with Gasteiger partial charge in [-0.25, -0.2) is 4.79 Å². The summed E-state index contributed by atoms with van der Waals surface area (Å²) in [5.41, 5.74) is 0. The molecule has 1 aliphatic heterocycles. The van der Waals surface area contributed by atoms with Crippen molar-refractivity contribution < 1.29 is 24.5 Å². The van der Waals surface area contributed by atoms with Crippen molar-refractivity contribution in [2.75, 3.05) is 7.11 Å². The average Bonchev–Trinajstić information content (AvgIpc) is 2.03. The lowest BCUT2D eigenvalue weighted by Gasteiger charge is -2.29. The summed E-state index contributed by atoms with van der Waals surface area (Å²) in [4.78, 5) is 10.5. The number of aliphatic hydroxyl groups excluding tert-OH is 1. The normalized spacial score (nSPS) is 36.3. The molecule has 12 heavy (non-hydrogen) atoms. The molecule has 5 heteroatoms. The molecule has 1 aliphatic rings. The molecular weight excluding hydrogens is 164 g/mol. The van der Waals surface area contributed by atoms with Gasteiger partial charge in [0.2, 0.25) is 0 Å². The number of aliphatic hydroxyl groups is 1. The fourth-order valence-corrected chi connectivity index (χ4v) is 1.21. The van der Waals surface area contributed by atoms with Crippen LogP contribution in [0.25, 0.3) is 0 Å². The van der Waals surface area contributed by atoms with Crippen molar-refractivity contribution in [3.8, 4) is 0 Å². The number of rotatable bonds is 2. The van der Waals surface area contributed by atoms with Gasteiger partial charge >= 0.3 is 5.97 Å². The van der Waals surface area contributed by atoms with Crippen LogP contribution in [0.5, 0.6) is 0 Å². The van der Waals surface area contributed by atoms with E-state index in [9.17, 15) is 4.79 Å². The van der Waals surface area contributed by atoms with Crippen LogP contribution in [0.3, 0.4) is 0 Å². The topological polar surface area (TPSA) is 76.0 Å². The number of carboxylic acids is 1. The number of hydrogen-bond donors (Lipinski definition) is 2. The van der Waals surface area contributed by atoms with Crippen LogP contribution >= 0.6 is 0 Å². The molecule has 1 rings (SSSR count). The molecular formula is C7H12O5. The molecule has 0 saturated carbocycles. The van der Waals surface area contributed by atoms with Gasteiger partial charge in [-0.05, 0) is 0 Å². The van der Waals surface area contributed by atoms with E-state index in [1.54, 1.807) is 0 Å². The quantitative estimate of drug-likeness (QED) is 0.597. The van der Waals surface area contributed by atoms with E-state index < -0.39 is 18.4 Å². The van der Waals surface area contributed by atoms with Crippen LogP contribution < -0.4 is 0 Å². The third-order valence-corrected chi connectivity index (χ3v) is 1.87. The van der Waals surface area contributed by atoms with Gasteiger partial charge in [-0.3, -0.25) is 0 Å². The minimum absolute atomic E-state index is 0.227. The lowest BCUT2D eigenvalue weighted by Crippen LogP contribution is -2.40. The van der Waals surface area contributed by atoms with Crippen LogP contribution in [0.2, 0.25) is 0 Å². The Hall–Kier alpha value is -0.650. The van der Waals surface area contributed by atoms with Crippen molar-refractivity contribution in [1.82, 2.24) is 0 Å². The monoisotopic (exact) mass is 176 g/mol. The molecule has 3 unspecified atom stereocenters. The van der Waals surface area contributed by atoms with E-state index in [0.717, 1.165) is 0 Å². The number of aliphatic carboxylic acids is 1. The Morgan fingerprint density at radius 2 is 2.25 bits per heavy atom. The Morgan fingerprint density at radius 3 is 2.75 bits per heavy atom. The van der Waals surface area contributed by atoms with Crippen molar-refractivity contribution in [2.24, 2.45) is 0 Å². The summed E-state index contributed by atoms with van der Waals surface area (Å²) in [5, 5.41) is 17.6. The molecule has 0 aromatic heterocycles. The minimum Gasteiger partial charge on any atom is -0.479 e. The predicted molar refractivity (Wildman–Crippen MR) is 38.5 cm³/mol. The number of carbonyl (C=O) groups is 1. The number of ether oxygens (including phenoxy) is 2. The molecule has 1 fully saturated rings. The van der Waals surface area contributed by atoms with Crippen LogP contribution in [0.4, 0.5) is 0 Å². The molecule has 5 nitrogen and oxygen atoms in total. The molecule has 0 aromatic carbocycles. The molecule has 3 atom stereocenters. The van der Waals surface area contributed by atoms with Gasteiger partial charge in [0.25, 0.3) is 0 Å². The maximum Gasteiger partial charge on any atom is 0.333 e. The van der Waals surface area contributed by atoms with Crippen molar-refractivity contribution in [1.29, 1.82) is 0 Å². The number of hydrogen-bond acceptors (Lipinski definition) is 4. The van der Waals surface area contributed by atoms with Crippen LogP contribution in [0, 0.1) is 0 Å². The third kappa shape index (κ3) is 2.17. The smallest absolute Gasteiger partial charge is 0.333 e. The highest BCUT2D eigenvalue weighted by Gasteiger charge is 2.32. The lowest BCUT2D eigenvalue weighted by atomic mass is 10.1. The molecule has 70 valence electrons. The Labute approximate surface area is 69.9 Å². The van der Waals surface area contributed by atoms with Crippen LogP contribution in [-0.4, -0.2) is 41.8 Å². The molecule has 0 radical (unpaired) electrons. The first-order chi connectivity index (χ1) is 5.63. The van der Waals surface area contributed by atoms with E-state index in [1.165, 1.54) is 7.11 Å². The second-order valence-corrected chi connectivity index (χ2v) is 2.75. The molecule has 0 aromatic rings. The summed E-state index contributed by atoms with van der Waals surface area (Å²) in [5.74, 6) is -1.06. The molecule has 1 heterocycles. The summed E-state index contributed by atoms with van der Waals surface area (Å²) < 4.78 is 9.69. The van der Waals surface area contributed by atoms with Crippen LogP contribution in [-0.2, 0) is 14.3 Å². The zero-order chi connectivity index (χ0) is 9.14. The minimum atomic E-state index is -1.06. The summed E-state index contributed by atoms with van der Waals surface area (Å²) >= 11 is 0. The van der Waals surface area contributed by atoms with E-state index in [-0.39, 0.29) is 6.10 Å². The second-order valence-electron chi connectivity index (χ2n) is 2.75. The van der Waals surface area contributed by atoms with Crippen LogP contribution in [0.15, 0.2) is 0 Å².